The van der Waals surface area contributed by atoms with Gasteiger partial charge < -0.3 is 10.0 Å². The zero-order valence-electron chi connectivity index (χ0n) is 9.13. The number of hydrogen-bond donors (Lipinski definition) is 2. The van der Waals surface area contributed by atoms with Crippen LogP contribution in [0.1, 0.15) is 25.0 Å². The van der Waals surface area contributed by atoms with Gasteiger partial charge in [0.05, 0.1) is 6.10 Å². The highest BCUT2D eigenvalue weighted by Gasteiger charge is 2.29. The van der Waals surface area contributed by atoms with Crippen molar-refractivity contribution in [3.05, 3.63) is 29.8 Å². The van der Waals surface area contributed by atoms with Crippen LogP contribution in [0.2, 0.25) is 0 Å². The van der Waals surface area contributed by atoms with E-state index in [4.69, 9.17) is 0 Å². The number of benzene rings is 1. The molecule has 1 aliphatic heterocycles. The zero-order chi connectivity index (χ0) is 11.7. The Bertz CT molecular complexity index is 406. The van der Waals surface area contributed by atoms with Gasteiger partial charge in [0.2, 0.25) is 5.91 Å². The lowest BCUT2D eigenvalue weighted by molar-refractivity contribution is -0.117. The normalized spacial score (nSPS) is 22.6. The van der Waals surface area contributed by atoms with Crippen LogP contribution in [0.3, 0.4) is 0 Å². The van der Waals surface area contributed by atoms with Gasteiger partial charge >= 0.3 is 0 Å². The summed E-state index contributed by atoms with van der Waals surface area (Å²) in [6.07, 6.45) is -0.0972. The molecule has 1 aromatic carbocycles. The highest BCUT2D eigenvalue weighted by Crippen LogP contribution is 2.30. The molecule has 0 saturated carbocycles. The Morgan fingerprint density at radius 2 is 2.19 bits per heavy atom. The second kappa shape index (κ2) is 4.47. The molecule has 1 N–H and O–H groups in total. The summed E-state index contributed by atoms with van der Waals surface area (Å²) in [6, 6.07) is 7.45. The molecule has 2 atom stereocenters. The van der Waals surface area contributed by atoms with Gasteiger partial charge in [-0.15, -0.1) is 0 Å². The van der Waals surface area contributed by atoms with Gasteiger partial charge in [-0.05, 0) is 13.0 Å². The van der Waals surface area contributed by atoms with Crippen LogP contribution in [0.15, 0.2) is 24.3 Å². The third-order valence-corrected chi connectivity index (χ3v) is 3.13. The number of amides is 1. The molecule has 16 heavy (non-hydrogen) atoms. The number of carbonyl (C=O) groups is 1. The quantitative estimate of drug-likeness (QED) is 0.770. The van der Waals surface area contributed by atoms with Crippen LogP contribution in [0.5, 0.6) is 0 Å². The molecule has 0 bridgehead atoms. The van der Waals surface area contributed by atoms with Gasteiger partial charge in [0.25, 0.3) is 0 Å². The van der Waals surface area contributed by atoms with E-state index >= 15 is 0 Å². The standard InChI is InChI=1S/C12H15NO2S/c1-8(14)10-4-2-3-5-11(10)13-7-9(16)6-12(13)15/h2-5,8-9,14,16H,6-7H2,1H3. The van der Waals surface area contributed by atoms with Gasteiger partial charge in [-0.3, -0.25) is 4.79 Å². The molecule has 1 saturated heterocycles. The number of carbonyl (C=O) groups excluding carboxylic acids is 1. The van der Waals surface area contributed by atoms with Crippen molar-refractivity contribution in [2.45, 2.75) is 24.7 Å². The van der Waals surface area contributed by atoms with E-state index in [0.717, 1.165) is 11.3 Å². The fourth-order valence-corrected chi connectivity index (χ4v) is 2.33. The predicted molar refractivity (Wildman–Crippen MR) is 66.8 cm³/mol. The van der Waals surface area contributed by atoms with Crippen molar-refractivity contribution in [1.82, 2.24) is 0 Å². The molecule has 2 rings (SSSR count). The van der Waals surface area contributed by atoms with E-state index in [0.29, 0.717) is 13.0 Å². The van der Waals surface area contributed by atoms with Crippen molar-refractivity contribution in [2.24, 2.45) is 0 Å². The highest BCUT2D eigenvalue weighted by atomic mass is 32.1. The lowest BCUT2D eigenvalue weighted by atomic mass is 10.1. The summed E-state index contributed by atoms with van der Waals surface area (Å²) in [5, 5.41) is 9.75. The SMILES string of the molecule is CC(O)c1ccccc1N1CC(S)CC1=O. The van der Waals surface area contributed by atoms with E-state index in [-0.39, 0.29) is 11.2 Å². The van der Waals surface area contributed by atoms with Crippen molar-refractivity contribution >= 4 is 24.2 Å². The molecule has 1 heterocycles. The molecule has 4 heteroatoms. The maximum atomic E-state index is 11.8. The second-order valence-electron chi connectivity index (χ2n) is 4.10. The minimum Gasteiger partial charge on any atom is -0.389 e. The molecule has 0 aromatic heterocycles. The second-order valence-corrected chi connectivity index (χ2v) is 4.83. The Morgan fingerprint density at radius 1 is 1.50 bits per heavy atom. The lowest BCUT2D eigenvalue weighted by Crippen LogP contribution is -2.26. The minimum absolute atomic E-state index is 0.0769. The number of para-hydroxylation sites is 1. The topological polar surface area (TPSA) is 40.5 Å². The number of aliphatic hydroxyl groups excluding tert-OH is 1. The first-order valence-electron chi connectivity index (χ1n) is 5.35. The summed E-state index contributed by atoms with van der Waals surface area (Å²) in [4.78, 5) is 13.5. The summed E-state index contributed by atoms with van der Waals surface area (Å²) >= 11 is 4.32. The molecule has 1 fully saturated rings. The van der Waals surface area contributed by atoms with Crippen molar-refractivity contribution in [2.75, 3.05) is 11.4 Å². The van der Waals surface area contributed by atoms with Crippen LogP contribution in [-0.2, 0) is 4.79 Å². The monoisotopic (exact) mass is 237 g/mol. The number of aliphatic hydroxyl groups is 1. The Morgan fingerprint density at radius 3 is 2.75 bits per heavy atom. The van der Waals surface area contributed by atoms with E-state index < -0.39 is 6.10 Å². The predicted octanol–water partition coefficient (Wildman–Crippen LogP) is 1.77. The number of anilines is 1. The fraction of sp³-hybridized carbons (Fsp3) is 0.417. The van der Waals surface area contributed by atoms with Gasteiger partial charge in [-0.25, -0.2) is 0 Å². The van der Waals surface area contributed by atoms with Crippen LogP contribution in [0, 0.1) is 0 Å². The largest absolute Gasteiger partial charge is 0.389 e. The number of rotatable bonds is 2. The number of hydrogen-bond acceptors (Lipinski definition) is 3. The summed E-state index contributed by atoms with van der Waals surface area (Å²) < 4.78 is 0. The van der Waals surface area contributed by atoms with Crippen molar-refractivity contribution < 1.29 is 9.90 Å². The smallest absolute Gasteiger partial charge is 0.228 e. The summed E-state index contributed by atoms with van der Waals surface area (Å²) in [7, 11) is 0. The molecule has 1 aliphatic rings. The van der Waals surface area contributed by atoms with Crippen molar-refractivity contribution in [3.8, 4) is 0 Å². The van der Waals surface area contributed by atoms with Crippen LogP contribution >= 0.6 is 12.6 Å². The molecule has 3 nitrogen and oxygen atoms in total. The Kier molecular flexibility index (Phi) is 3.21. The maximum Gasteiger partial charge on any atom is 0.228 e. The molecule has 0 radical (unpaired) electrons. The highest BCUT2D eigenvalue weighted by molar-refractivity contribution is 7.81. The molecule has 0 aliphatic carbocycles. The first-order chi connectivity index (χ1) is 7.59. The third-order valence-electron chi connectivity index (χ3n) is 2.78. The average molecular weight is 237 g/mol. The first kappa shape index (κ1) is 11.5. The molecule has 2 unspecified atom stereocenters. The van der Waals surface area contributed by atoms with Crippen molar-refractivity contribution in [1.29, 1.82) is 0 Å². The molecular formula is C12H15NO2S. The minimum atomic E-state index is -0.567. The van der Waals surface area contributed by atoms with E-state index in [9.17, 15) is 9.90 Å². The van der Waals surface area contributed by atoms with E-state index in [1.54, 1.807) is 11.8 Å². The molecular weight excluding hydrogens is 222 g/mol. The van der Waals surface area contributed by atoms with E-state index in [1.807, 2.05) is 24.3 Å². The van der Waals surface area contributed by atoms with E-state index in [2.05, 4.69) is 12.6 Å². The molecule has 1 amide bonds. The molecule has 86 valence electrons. The molecule has 1 aromatic rings. The maximum absolute atomic E-state index is 11.8. The summed E-state index contributed by atoms with van der Waals surface area (Å²) in [6.45, 7) is 2.32. The van der Waals surface area contributed by atoms with Crippen LogP contribution < -0.4 is 4.90 Å². The lowest BCUT2D eigenvalue weighted by Gasteiger charge is -2.21. The van der Waals surface area contributed by atoms with Gasteiger partial charge in [0.1, 0.15) is 0 Å². The summed E-state index contributed by atoms with van der Waals surface area (Å²) in [5.41, 5.74) is 1.59. The number of thiol groups is 1. The zero-order valence-corrected chi connectivity index (χ0v) is 10.0. The Balaban J connectivity index is 2.36. The van der Waals surface area contributed by atoms with Crippen LogP contribution in [-0.4, -0.2) is 22.8 Å². The van der Waals surface area contributed by atoms with Gasteiger partial charge in [0, 0.05) is 29.5 Å². The van der Waals surface area contributed by atoms with E-state index in [1.165, 1.54) is 0 Å². The molecule has 0 spiro atoms. The third kappa shape index (κ3) is 2.08. The average Bonchev–Trinajstić information content (AvgIpc) is 2.57. The van der Waals surface area contributed by atoms with Gasteiger partial charge in [-0.2, -0.15) is 12.6 Å². The van der Waals surface area contributed by atoms with Crippen LogP contribution in [0.25, 0.3) is 0 Å². The summed E-state index contributed by atoms with van der Waals surface area (Å²) in [5.74, 6) is 0.0769. The fourth-order valence-electron chi connectivity index (χ4n) is 2.01. The first-order valence-corrected chi connectivity index (χ1v) is 5.86. The van der Waals surface area contributed by atoms with Crippen molar-refractivity contribution in [3.63, 3.8) is 0 Å². The Hall–Kier alpha value is -1.00. The van der Waals surface area contributed by atoms with Gasteiger partial charge in [0.15, 0.2) is 0 Å². The number of nitrogens with zero attached hydrogens (tertiary/aromatic N) is 1. The van der Waals surface area contributed by atoms with Gasteiger partial charge in [-0.1, -0.05) is 18.2 Å². The Labute approximate surface area is 100 Å². The van der Waals surface area contributed by atoms with Crippen LogP contribution in [0.4, 0.5) is 5.69 Å².